The van der Waals surface area contributed by atoms with Gasteiger partial charge in [0.25, 0.3) is 10.0 Å². The highest BCUT2D eigenvalue weighted by molar-refractivity contribution is 9.10. The molecule has 0 bridgehead atoms. The minimum atomic E-state index is -3.93. The lowest BCUT2D eigenvalue weighted by Gasteiger charge is -2.26. The van der Waals surface area contributed by atoms with Crippen molar-refractivity contribution >= 4 is 48.9 Å². The fraction of sp³-hybridized carbons (Fsp3) is 0.190. The molecular weight excluding hydrogens is 474 g/mol. The predicted molar refractivity (Wildman–Crippen MR) is 119 cm³/mol. The van der Waals surface area contributed by atoms with Gasteiger partial charge >= 0.3 is 5.97 Å². The summed E-state index contributed by atoms with van der Waals surface area (Å²) in [6, 6.07) is 14.1. The maximum absolute atomic E-state index is 13.6. The number of hydrogen-bond acceptors (Lipinski definition) is 5. The molecule has 0 saturated carbocycles. The number of thiophene rings is 1. The highest BCUT2D eigenvalue weighted by Crippen LogP contribution is 2.37. The third-order valence-corrected chi connectivity index (χ3v) is 8.04. The number of aryl methyl sites for hydroxylation is 2. The van der Waals surface area contributed by atoms with Gasteiger partial charge in [-0.05, 0) is 48.6 Å². The van der Waals surface area contributed by atoms with Crippen molar-refractivity contribution in [1.82, 2.24) is 0 Å². The number of methoxy groups -OCH3 is 1. The van der Waals surface area contributed by atoms with Crippen LogP contribution in [-0.4, -0.2) is 21.5 Å². The summed E-state index contributed by atoms with van der Waals surface area (Å²) in [6.07, 6.45) is 0. The SMILES string of the molecule is COC(=O)c1scc(C)c1N(Cc1ccccc1Br)S(=O)(=O)c1ccc(C)cc1. The fourth-order valence-electron chi connectivity index (χ4n) is 2.89. The molecule has 0 aliphatic carbocycles. The van der Waals surface area contributed by atoms with Crippen molar-refractivity contribution in [3.63, 3.8) is 0 Å². The Bertz CT molecular complexity index is 1140. The lowest BCUT2D eigenvalue weighted by Crippen LogP contribution is -2.32. The van der Waals surface area contributed by atoms with Crippen LogP contribution in [0.3, 0.4) is 0 Å². The number of ether oxygens (including phenoxy) is 1. The van der Waals surface area contributed by atoms with Gasteiger partial charge < -0.3 is 4.74 Å². The lowest BCUT2D eigenvalue weighted by atomic mass is 10.2. The van der Waals surface area contributed by atoms with Crippen molar-refractivity contribution in [2.45, 2.75) is 25.3 Å². The largest absolute Gasteiger partial charge is 0.465 e. The standard InChI is InChI=1S/C21H20BrNO4S2/c1-14-8-10-17(11-9-14)29(25,26)23(12-16-6-4-5-7-18(16)22)19-15(2)13-28-20(19)21(24)27-3/h4-11,13H,12H2,1-3H3. The number of nitrogens with zero attached hydrogens (tertiary/aromatic N) is 1. The van der Waals surface area contributed by atoms with E-state index in [1.54, 1.807) is 36.6 Å². The van der Waals surface area contributed by atoms with Gasteiger partial charge in [-0.3, -0.25) is 4.31 Å². The molecule has 3 rings (SSSR count). The molecule has 5 nitrogen and oxygen atoms in total. The van der Waals surface area contributed by atoms with Crippen LogP contribution in [0, 0.1) is 13.8 Å². The Balaban J connectivity index is 2.20. The summed E-state index contributed by atoms with van der Waals surface area (Å²) in [6.45, 7) is 3.75. The zero-order valence-corrected chi connectivity index (χ0v) is 19.4. The third-order valence-electron chi connectivity index (χ3n) is 4.44. The number of sulfonamides is 1. The molecule has 1 aromatic heterocycles. The lowest BCUT2D eigenvalue weighted by molar-refractivity contribution is 0.0607. The Hall–Kier alpha value is -2.16. The molecule has 0 radical (unpaired) electrons. The van der Waals surface area contributed by atoms with Crippen LogP contribution < -0.4 is 4.31 Å². The van der Waals surface area contributed by atoms with Crippen LogP contribution in [0.1, 0.15) is 26.4 Å². The van der Waals surface area contributed by atoms with E-state index in [2.05, 4.69) is 15.9 Å². The molecule has 152 valence electrons. The van der Waals surface area contributed by atoms with Crippen LogP contribution in [-0.2, 0) is 21.3 Å². The molecule has 0 unspecified atom stereocenters. The van der Waals surface area contributed by atoms with Crippen LogP contribution in [0.25, 0.3) is 0 Å². The van der Waals surface area contributed by atoms with Gasteiger partial charge in [0.2, 0.25) is 0 Å². The number of esters is 1. The minimum Gasteiger partial charge on any atom is -0.465 e. The highest BCUT2D eigenvalue weighted by atomic mass is 79.9. The Morgan fingerprint density at radius 3 is 2.38 bits per heavy atom. The number of carbonyl (C=O) groups excluding carboxylic acids is 1. The van der Waals surface area contributed by atoms with Crippen molar-refractivity contribution in [3.8, 4) is 0 Å². The van der Waals surface area contributed by atoms with E-state index >= 15 is 0 Å². The second-order valence-corrected chi connectivity index (χ2v) is 10.1. The number of anilines is 1. The Morgan fingerprint density at radius 1 is 1.10 bits per heavy atom. The van der Waals surface area contributed by atoms with E-state index in [-0.39, 0.29) is 16.3 Å². The van der Waals surface area contributed by atoms with Gasteiger partial charge in [-0.15, -0.1) is 11.3 Å². The Labute approximate surface area is 183 Å². The van der Waals surface area contributed by atoms with Crippen LogP contribution in [0.5, 0.6) is 0 Å². The van der Waals surface area contributed by atoms with Crippen LogP contribution in [0.15, 0.2) is 63.3 Å². The molecule has 0 spiro atoms. The van der Waals surface area contributed by atoms with Crippen molar-refractivity contribution in [2.24, 2.45) is 0 Å². The molecule has 0 aliphatic heterocycles. The minimum absolute atomic E-state index is 0.0687. The zero-order chi connectivity index (χ0) is 21.2. The first-order valence-corrected chi connectivity index (χ1v) is 11.9. The molecule has 3 aromatic rings. The summed E-state index contributed by atoms with van der Waals surface area (Å²) in [4.78, 5) is 12.8. The number of halogens is 1. The van der Waals surface area contributed by atoms with Crippen LogP contribution in [0.2, 0.25) is 0 Å². The first kappa shape index (κ1) is 21.5. The number of hydrogen-bond donors (Lipinski definition) is 0. The van der Waals surface area contributed by atoms with Crippen molar-refractivity contribution in [2.75, 3.05) is 11.4 Å². The van der Waals surface area contributed by atoms with E-state index in [0.29, 0.717) is 11.3 Å². The quantitative estimate of drug-likeness (QED) is 0.436. The van der Waals surface area contributed by atoms with Crippen molar-refractivity contribution in [3.05, 3.63) is 80.0 Å². The maximum atomic E-state index is 13.6. The monoisotopic (exact) mass is 493 g/mol. The summed E-state index contributed by atoms with van der Waals surface area (Å²) in [7, 11) is -2.65. The van der Waals surface area contributed by atoms with Crippen molar-refractivity contribution in [1.29, 1.82) is 0 Å². The molecule has 2 aromatic carbocycles. The average Bonchev–Trinajstić information content (AvgIpc) is 3.08. The Kier molecular flexibility index (Phi) is 6.45. The molecule has 0 N–H and O–H groups in total. The summed E-state index contributed by atoms with van der Waals surface area (Å²) < 4.78 is 34.2. The summed E-state index contributed by atoms with van der Waals surface area (Å²) in [5, 5.41) is 1.76. The summed E-state index contributed by atoms with van der Waals surface area (Å²) in [5.74, 6) is -0.561. The van der Waals surface area contributed by atoms with Crippen molar-refractivity contribution < 1.29 is 17.9 Å². The third kappa shape index (κ3) is 4.39. The van der Waals surface area contributed by atoms with Gasteiger partial charge in [0, 0.05) is 4.47 Å². The predicted octanol–water partition coefficient (Wildman–Crippen LogP) is 5.31. The van der Waals surface area contributed by atoms with Gasteiger partial charge in [-0.1, -0.05) is 51.8 Å². The number of benzene rings is 2. The first-order valence-electron chi connectivity index (χ1n) is 8.75. The Morgan fingerprint density at radius 2 is 1.76 bits per heavy atom. The van der Waals surface area contributed by atoms with E-state index in [0.717, 1.165) is 15.6 Å². The topological polar surface area (TPSA) is 63.7 Å². The molecular formula is C21H20BrNO4S2. The molecule has 29 heavy (non-hydrogen) atoms. The average molecular weight is 494 g/mol. The van der Waals surface area contributed by atoms with Crippen LogP contribution in [0.4, 0.5) is 5.69 Å². The zero-order valence-electron chi connectivity index (χ0n) is 16.2. The van der Waals surface area contributed by atoms with E-state index < -0.39 is 16.0 Å². The normalized spacial score (nSPS) is 11.3. The van der Waals surface area contributed by atoms with E-state index in [9.17, 15) is 13.2 Å². The van der Waals surface area contributed by atoms with Crippen LogP contribution >= 0.6 is 27.3 Å². The van der Waals surface area contributed by atoms with Gasteiger partial charge in [-0.25, -0.2) is 13.2 Å². The number of carbonyl (C=O) groups is 1. The summed E-state index contributed by atoms with van der Waals surface area (Å²) >= 11 is 4.66. The molecule has 0 saturated heterocycles. The van der Waals surface area contributed by atoms with Gasteiger partial charge in [0.05, 0.1) is 24.2 Å². The van der Waals surface area contributed by atoms with Gasteiger partial charge in [0.15, 0.2) is 0 Å². The second kappa shape index (κ2) is 8.69. The fourth-order valence-corrected chi connectivity index (χ4v) is 5.84. The molecule has 0 atom stereocenters. The molecule has 8 heteroatoms. The molecule has 1 heterocycles. The van der Waals surface area contributed by atoms with Gasteiger partial charge in [0.1, 0.15) is 4.88 Å². The molecule has 0 amide bonds. The van der Waals surface area contributed by atoms with E-state index in [1.807, 2.05) is 31.2 Å². The smallest absolute Gasteiger partial charge is 0.350 e. The van der Waals surface area contributed by atoms with Gasteiger partial charge in [-0.2, -0.15) is 0 Å². The first-order chi connectivity index (χ1) is 13.8. The highest BCUT2D eigenvalue weighted by Gasteiger charge is 2.32. The number of rotatable bonds is 6. The van der Waals surface area contributed by atoms with E-state index in [1.165, 1.54) is 22.8 Å². The van der Waals surface area contributed by atoms with E-state index in [4.69, 9.17) is 4.74 Å². The molecule has 0 aliphatic rings. The summed E-state index contributed by atoms with van der Waals surface area (Å²) in [5.41, 5.74) is 2.78. The maximum Gasteiger partial charge on any atom is 0.350 e. The molecule has 0 fully saturated rings. The second-order valence-electron chi connectivity index (χ2n) is 6.50.